The van der Waals surface area contributed by atoms with Crippen LogP contribution in [0.5, 0.6) is 17.2 Å². The molecule has 348 valence electrons. The first-order valence-corrected chi connectivity index (χ1v) is 29.8. The molecule has 23 heteroatoms. The van der Waals surface area contributed by atoms with Crippen molar-refractivity contribution in [1.82, 2.24) is 4.98 Å². The van der Waals surface area contributed by atoms with Crippen molar-refractivity contribution in [2.24, 2.45) is 0 Å². The largest absolute Gasteiger partial charge is 0.495 e. The zero-order valence-electron chi connectivity index (χ0n) is 34.7. The second-order valence-corrected chi connectivity index (χ2v) is 26.1. The van der Waals surface area contributed by atoms with Crippen molar-refractivity contribution >= 4 is 110 Å². The average Bonchev–Trinajstić information content (AvgIpc) is 3.16. The second-order valence-electron chi connectivity index (χ2n) is 13.1. The molecule has 6 rings (SSSR count). The van der Waals surface area contributed by atoms with Crippen molar-refractivity contribution in [3.63, 3.8) is 0 Å². The fourth-order valence-electron chi connectivity index (χ4n) is 5.34. The van der Waals surface area contributed by atoms with Crippen molar-refractivity contribution in [3.05, 3.63) is 144 Å². The molecule has 5 aromatic carbocycles. The van der Waals surface area contributed by atoms with Crippen LogP contribution >= 0.6 is 53.4 Å². The van der Waals surface area contributed by atoms with E-state index >= 15 is 0 Å². The Labute approximate surface area is 397 Å². The average molecular weight is 1080 g/mol. The van der Waals surface area contributed by atoms with Gasteiger partial charge < -0.3 is 9.47 Å². The first-order chi connectivity index (χ1) is 29.5. The van der Waals surface area contributed by atoms with Gasteiger partial charge in [0, 0.05) is 65.0 Å². The minimum Gasteiger partial charge on any atom is -0.495 e. The maximum absolute atomic E-state index is 11.2. The first kappa shape index (κ1) is 56.4. The molecule has 0 fully saturated rings. The van der Waals surface area contributed by atoms with E-state index in [2.05, 4.69) is 4.98 Å². The summed E-state index contributed by atoms with van der Waals surface area (Å²) in [6.45, 7) is 9.02. The summed E-state index contributed by atoms with van der Waals surface area (Å²) in [6.07, 6.45) is 2.12. The molecule has 0 saturated heterocycles. The van der Waals surface area contributed by atoms with Gasteiger partial charge in [0.15, 0.2) is 0 Å². The lowest BCUT2D eigenvalue weighted by atomic mass is 10.1. The zero-order chi connectivity index (χ0) is 48.7. The van der Waals surface area contributed by atoms with Gasteiger partial charge in [0.2, 0.25) is 9.05 Å². The highest BCUT2D eigenvalue weighted by Crippen LogP contribution is 2.28. The van der Waals surface area contributed by atoms with Crippen LogP contribution in [-0.4, -0.2) is 59.9 Å². The summed E-state index contributed by atoms with van der Waals surface area (Å²) in [6, 6.07) is 31.9. The summed E-state index contributed by atoms with van der Waals surface area (Å²) in [5, 5.41) is 0.759. The Morgan fingerprint density at radius 1 is 0.531 bits per heavy atom. The Kier molecular flexibility index (Phi) is 21.8. The van der Waals surface area contributed by atoms with E-state index in [1.165, 1.54) is 37.6 Å². The van der Waals surface area contributed by atoms with Crippen molar-refractivity contribution in [2.75, 3.05) is 12.9 Å². The van der Waals surface area contributed by atoms with E-state index in [9.17, 15) is 42.1 Å². The number of hydrogen-bond donors (Lipinski definition) is 0. The molecule has 0 bridgehead atoms. The molecule has 0 spiro atoms. The van der Waals surface area contributed by atoms with Crippen LogP contribution in [-0.2, 0) is 45.3 Å². The van der Waals surface area contributed by atoms with Gasteiger partial charge >= 0.3 is 0 Å². The number of nitrogens with zero attached hydrogens (tertiary/aromatic N) is 1. The van der Waals surface area contributed by atoms with Gasteiger partial charge in [-0.05, 0) is 111 Å². The Morgan fingerprint density at radius 2 is 1.06 bits per heavy atom. The summed E-state index contributed by atoms with van der Waals surface area (Å²) in [5.41, 5.74) is 3.77. The SMILES string of the molecule is CCCS(=O)(=O)Cl.COc1cc(C)ccc1S(=O)(=O)Cl.Cc1cc(C)c(S(=O)(=O)Cl)c(C)c1.O=S(=O)(Cl)c1ccc(Oc2ccccc2)cc1.O=S(=O)(Cl)c1cccc2cccnc12. The highest BCUT2D eigenvalue weighted by Gasteiger charge is 2.18. The summed E-state index contributed by atoms with van der Waals surface area (Å²) in [4.78, 5) is 4.33. The van der Waals surface area contributed by atoms with Crippen molar-refractivity contribution < 1.29 is 51.6 Å². The molecule has 64 heavy (non-hydrogen) atoms. The van der Waals surface area contributed by atoms with Crippen LogP contribution in [0.25, 0.3) is 10.9 Å². The van der Waals surface area contributed by atoms with Crippen molar-refractivity contribution in [1.29, 1.82) is 0 Å². The summed E-state index contributed by atoms with van der Waals surface area (Å²) >= 11 is 0. The Balaban J connectivity index is 0.000000281. The minimum atomic E-state index is -3.72. The van der Waals surface area contributed by atoms with Crippen LogP contribution < -0.4 is 9.47 Å². The summed E-state index contributed by atoms with van der Waals surface area (Å²) in [7, 11) is 9.24. The molecule has 0 saturated carbocycles. The molecule has 0 radical (unpaired) electrons. The van der Waals surface area contributed by atoms with Crippen LogP contribution in [0.1, 0.15) is 35.6 Å². The number of benzene rings is 5. The minimum absolute atomic E-state index is 0.00210. The molecule has 13 nitrogen and oxygen atoms in total. The zero-order valence-corrected chi connectivity index (χ0v) is 42.6. The molecule has 0 atom stereocenters. The highest BCUT2D eigenvalue weighted by molar-refractivity contribution is 8.15. The number of methoxy groups -OCH3 is 1. The number of hydrogen-bond acceptors (Lipinski definition) is 13. The second kappa shape index (κ2) is 24.7. The maximum atomic E-state index is 11.2. The van der Waals surface area contributed by atoms with Gasteiger partial charge in [0.25, 0.3) is 36.2 Å². The molecule has 6 aromatic rings. The van der Waals surface area contributed by atoms with Crippen LogP contribution in [0, 0.1) is 27.7 Å². The molecule has 0 aliphatic carbocycles. The van der Waals surface area contributed by atoms with E-state index in [0.717, 1.165) is 16.5 Å². The smallest absolute Gasteiger partial charge is 0.264 e. The van der Waals surface area contributed by atoms with E-state index in [1.807, 2.05) is 56.3 Å². The third-order valence-electron chi connectivity index (χ3n) is 7.82. The molecule has 0 aliphatic heterocycles. The third kappa shape index (κ3) is 19.8. The standard InChI is InChI=1S/C12H9ClO3S.C9H6ClNO2S.C9H11ClO2S.C8H9ClO3S.C3H7ClO2S/c13-17(14,15)12-8-6-11(7-9-12)16-10-4-2-1-3-5-10;10-14(12,13)8-5-1-3-7-4-2-6-11-9(7)8;1-6-4-7(2)9(8(3)5-6)13(10,11)12;1-6-3-4-8(13(9,10)11)7(5-6)12-2;1-2-3-7(4,5)6/h1-9H;1-6H;4-5H,1-3H3;3-5H,1-2H3;2-3H2,1H3. The topological polar surface area (TPSA) is 202 Å². The fourth-order valence-corrected chi connectivity index (χ4v) is 10.7. The van der Waals surface area contributed by atoms with Crippen LogP contribution in [0.15, 0.2) is 141 Å². The molecular formula is C41H42Cl5NO12S5. The number of aryl methyl sites for hydroxylation is 4. The van der Waals surface area contributed by atoms with Gasteiger partial charge in [0.1, 0.15) is 27.0 Å². The highest BCUT2D eigenvalue weighted by atomic mass is 35.7. The third-order valence-corrected chi connectivity index (χ3v) is 14.9. The van der Waals surface area contributed by atoms with Crippen LogP contribution in [0.2, 0.25) is 0 Å². The van der Waals surface area contributed by atoms with Gasteiger partial charge in [-0.3, -0.25) is 4.98 Å². The quantitative estimate of drug-likeness (QED) is 0.124. The van der Waals surface area contributed by atoms with Gasteiger partial charge in [-0.25, -0.2) is 42.1 Å². The lowest BCUT2D eigenvalue weighted by Gasteiger charge is -2.07. The first-order valence-electron chi connectivity index (χ1n) is 18.1. The maximum Gasteiger partial charge on any atom is 0.264 e. The summed E-state index contributed by atoms with van der Waals surface area (Å²) < 4.78 is 119. The molecule has 1 aromatic heterocycles. The number of fused-ring (bicyclic) bond motifs is 1. The van der Waals surface area contributed by atoms with Crippen molar-refractivity contribution in [2.45, 2.75) is 60.6 Å². The number of aromatic nitrogens is 1. The molecular weight excluding hydrogens is 1040 g/mol. The summed E-state index contributed by atoms with van der Waals surface area (Å²) in [5.74, 6) is 1.60. The molecule has 0 N–H and O–H groups in total. The number of pyridine rings is 1. The number of para-hydroxylation sites is 2. The molecule has 1 heterocycles. The predicted octanol–water partition coefficient (Wildman–Crippen LogP) is 11.0. The van der Waals surface area contributed by atoms with Gasteiger partial charge in [0.05, 0.1) is 28.2 Å². The van der Waals surface area contributed by atoms with E-state index in [1.54, 1.807) is 69.3 Å². The Morgan fingerprint density at radius 3 is 1.52 bits per heavy atom. The van der Waals surface area contributed by atoms with E-state index < -0.39 is 45.3 Å². The van der Waals surface area contributed by atoms with Gasteiger partial charge in [-0.15, -0.1) is 0 Å². The van der Waals surface area contributed by atoms with Crippen molar-refractivity contribution in [3.8, 4) is 17.2 Å². The van der Waals surface area contributed by atoms with Crippen LogP contribution in [0.4, 0.5) is 0 Å². The molecule has 0 aliphatic rings. The van der Waals surface area contributed by atoms with E-state index in [-0.39, 0.29) is 31.1 Å². The number of halogens is 5. The normalized spacial score (nSPS) is 11.5. The van der Waals surface area contributed by atoms with Gasteiger partial charge in [-0.1, -0.05) is 67.1 Å². The van der Waals surface area contributed by atoms with E-state index in [4.69, 9.17) is 62.9 Å². The lowest BCUT2D eigenvalue weighted by Crippen LogP contribution is -1.98. The molecule has 0 amide bonds. The fraction of sp³-hybridized carbons (Fsp3) is 0.195. The Hall–Kier alpha value is -3.69. The predicted molar refractivity (Wildman–Crippen MR) is 255 cm³/mol. The van der Waals surface area contributed by atoms with Gasteiger partial charge in [-0.2, -0.15) is 0 Å². The monoisotopic (exact) mass is 1070 g/mol. The molecule has 0 unspecified atom stereocenters. The Bertz CT molecular complexity index is 3060. The lowest BCUT2D eigenvalue weighted by molar-refractivity contribution is 0.403. The number of rotatable bonds is 9. The van der Waals surface area contributed by atoms with Crippen LogP contribution in [0.3, 0.4) is 0 Å². The number of ether oxygens (including phenoxy) is 2. The van der Waals surface area contributed by atoms with E-state index in [0.29, 0.717) is 34.6 Å².